The summed E-state index contributed by atoms with van der Waals surface area (Å²) in [6.45, 7) is 0.903. The van der Waals surface area contributed by atoms with Gasteiger partial charge in [0.15, 0.2) is 0 Å². The predicted molar refractivity (Wildman–Crippen MR) is 98.4 cm³/mol. The normalized spacial score (nSPS) is 10.6. The molecular formula is C20H21N3O2. The van der Waals surface area contributed by atoms with Gasteiger partial charge >= 0.3 is 0 Å². The number of nitrogens with one attached hydrogen (secondary N) is 3. The summed E-state index contributed by atoms with van der Waals surface area (Å²) in [6.07, 6.45) is 3.02. The van der Waals surface area contributed by atoms with Gasteiger partial charge in [-0.1, -0.05) is 36.4 Å². The summed E-state index contributed by atoms with van der Waals surface area (Å²) in [5.74, 6) is -0.222. The summed E-state index contributed by atoms with van der Waals surface area (Å²) in [5, 5.41) is 6.84. The zero-order valence-corrected chi connectivity index (χ0v) is 13.9. The molecule has 128 valence electrons. The number of amides is 2. The van der Waals surface area contributed by atoms with Gasteiger partial charge in [-0.25, -0.2) is 0 Å². The number of fused-ring (bicyclic) bond motifs is 1. The number of carbonyl (C=O) groups excluding carboxylic acids is 2. The summed E-state index contributed by atoms with van der Waals surface area (Å²) in [7, 11) is 0. The first kappa shape index (κ1) is 16.8. The van der Waals surface area contributed by atoms with Crippen LogP contribution in [0.3, 0.4) is 0 Å². The number of hydrogen-bond acceptors (Lipinski definition) is 2. The number of carbonyl (C=O) groups is 2. The van der Waals surface area contributed by atoms with E-state index in [4.69, 9.17) is 0 Å². The molecular weight excluding hydrogens is 314 g/mol. The van der Waals surface area contributed by atoms with Crippen LogP contribution in [0, 0.1) is 0 Å². The summed E-state index contributed by atoms with van der Waals surface area (Å²) in [6, 6.07) is 17.1. The molecule has 2 amide bonds. The summed E-state index contributed by atoms with van der Waals surface area (Å²) in [4.78, 5) is 27.0. The molecule has 3 N–H and O–H groups in total. The lowest BCUT2D eigenvalue weighted by atomic mass is 10.1. The van der Waals surface area contributed by atoms with Crippen molar-refractivity contribution < 1.29 is 9.59 Å². The summed E-state index contributed by atoms with van der Waals surface area (Å²) >= 11 is 0. The molecule has 0 aliphatic heterocycles. The van der Waals surface area contributed by atoms with Crippen LogP contribution in [0.5, 0.6) is 0 Å². The number of rotatable bonds is 7. The minimum Gasteiger partial charge on any atom is -0.361 e. The summed E-state index contributed by atoms with van der Waals surface area (Å²) in [5.41, 5.74) is 2.89. The second-order valence-electron chi connectivity index (χ2n) is 5.83. The molecule has 25 heavy (non-hydrogen) atoms. The Balaban J connectivity index is 1.38. The van der Waals surface area contributed by atoms with Gasteiger partial charge in [-0.15, -0.1) is 0 Å². The standard InChI is InChI=1S/C20H21N3O2/c24-19(11-13-22-20(25)15-6-2-1-3-7-15)21-12-10-16-14-23-18-9-5-4-8-17(16)18/h1-9,14,23H,10-13H2,(H,21,24)(H,22,25). The number of benzene rings is 2. The SMILES string of the molecule is O=C(CCNC(=O)c1ccccc1)NCCc1c[nH]c2ccccc12. The van der Waals surface area contributed by atoms with E-state index in [1.807, 2.05) is 42.6 Å². The molecule has 0 saturated heterocycles. The molecule has 2 aromatic carbocycles. The van der Waals surface area contributed by atoms with E-state index in [1.165, 1.54) is 10.9 Å². The molecule has 0 radical (unpaired) electrons. The molecule has 0 unspecified atom stereocenters. The molecule has 0 bridgehead atoms. The lowest BCUT2D eigenvalue weighted by Crippen LogP contribution is -2.31. The van der Waals surface area contributed by atoms with Crippen molar-refractivity contribution in [1.82, 2.24) is 15.6 Å². The third kappa shape index (κ3) is 4.47. The first-order chi connectivity index (χ1) is 12.2. The molecule has 0 spiro atoms. The molecule has 0 aliphatic rings. The number of aromatic nitrogens is 1. The van der Waals surface area contributed by atoms with Gasteiger partial charge < -0.3 is 15.6 Å². The topological polar surface area (TPSA) is 74.0 Å². The van der Waals surface area contributed by atoms with Gasteiger partial charge in [0, 0.05) is 42.2 Å². The van der Waals surface area contributed by atoms with E-state index in [-0.39, 0.29) is 18.2 Å². The van der Waals surface area contributed by atoms with Crippen molar-refractivity contribution in [2.24, 2.45) is 0 Å². The van der Waals surface area contributed by atoms with Crippen molar-refractivity contribution >= 4 is 22.7 Å². The Morgan fingerprint density at radius 1 is 0.880 bits per heavy atom. The van der Waals surface area contributed by atoms with Crippen molar-refractivity contribution in [3.8, 4) is 0 Å². The van der Waals surface area contributed by atoms with E-state index >= 15 is 0 Å². The molecule has 3 aromatic rings. The van der Waals surface area contributed by atoms with Crippen LogP contribution in [0.2, 0.25) is 0 Å². The van der Waals surface area contributed by atoms with Crippen molar-refractivity contribution in [2.45, 2.75) is 12.8 Å². The van der Waals surface area contributed by atoms with Gasteiger partial charge in [-0.3, -0.25) is 9.59 Å². The summed E-state index contributed by atoms with van der Waals surface area (Å²) < 4.78 is 0. The molecule has 1 heterocycles. The maximum atomic E-state index is 11.9. The Kier molecular flexibility index (Phi) is 5.46. The number of H-pyrrole nitrogens is 1. The maximum absolute atomic E-state index is 11.9. The molecule has 0 aliphatic carbocycles. The predicted octanol–water partition coefficient (Wildman–Crippen LogP) is 2.65. The van der Waals surface area contributed by atoms with Gasteiger partial charge in [0.05, 0.1) is 0 Å². The van der Waals surface area contributed by atoms with Crippen LogP contribution < -0.4 is 10.6 Å². The minimum absolute atomic E-state index is 0.0618. The first-order valence-corrected chi connectivity index (χ1v) is 8.39. The van der Waals surface area contributed by atoms with Gasteiger partial charge in [0.1, 0.15) is 0 Å². The number of hydrogen-bond donors (Lipinski definition) is 3. The maximum Gasteiger partial charge on any atom is 0.251 e. The average Bonchev–Trinajstić information content (AvgIpc) is 3.06. The zero-order valence-electron chi connectivity index (χ0n) is 13.9. The molecule has 0 saturated carbocycles. The van der Waals surface area contributed by atoms with E-state index in [0.717, 1.165) is 11.9 Å². The Bertz CT molecular complexity index is 856. The Morgan fingerprint density at radius 2 is 1.64 bits per heavy atom. The number of aromatic amines is 1. The molecule has 1 aromatic heterocycles. The highest BCUT2D eigenvalue weighted by Gasteiger charge is 2.07. The zero-order chi connectivity index (χ0) is 17.5. The van der Waals surface area contributed by atoms with E-state index in [1.54, 1.807) is 12.1 Å². The highest BCUT2D eigenvalue weighted by atomic mass is 16.2. The van der Waals surface area contributed by atoms with Crippen LogP contribution in [0.4, 0.5) is 0 Å². The highest BCUT2D eigenvalue weighted by molar-refractivity contribution is 5.94. The second-order valence-corrected chi connectivity index (χ2v) is 5.83. The second kappa shape index (κ2) is 8.15. The van der Waals surface area contributed by atoms with Gasteiger partial charge in [-0.2, -0.15) is 0 Å². The smallest absolute Gasteiger partial charge is 0.251 e. The lowest BCUT2D eigenvalue weighted by molar-refractivity contribution is -0.120. The minimum atomic E-state index is -0.160. The van der Waals surface area contributed by atoms with Crippen molar-refractivity contribution in [1.29, 1.82) is 0 Å². The number of para-hydroxylation sites is 1. The van der Waals surface area contributed by atoms with Crippen molar-refractivity contribution in [3.05, 3.63) is 71.9 Å². The molecule has 0 atom stereocenters. The molecule has 5 heteroatoms. The van der Waals surface area contributed by atoms with E-state index in [9.17, 15) is 9.59 Å². The van der Waals surface area contributed by atoms with Crippen LogP contribution in [0.25, 0.3) is 10.9 Å². The molecule has 0 fully saturated rings. The van der Waals surface area contributed by atoms with Gasteiger partial charge in [0.2, 0.25) is 5.91 Å². The van der Waals surface area contributed by atoms with Crippen LogP contribution in [0.15, 0.2) is 60.8 Å². The highest BCUT2D eigenvalue weighted by Crippen LogP contribution is 2.17. The molecule has 5 nitrogen and oxygen atoms in total. The monoisotopic (exact) mass is 335 g/mol. The van der Waals surface area contributed by atoms with Crippen molar-refractivity contribution in [2.75, 3.05) is 13.1 Å². The van der Waals surface area contributed by atoms with Crippen LogP contribution in [-0.4, -0.2) is 29.9 Å². The lowest BCUT2D eigenvalue weighted by Gasteiger charge is -2.07. The fraction of sp³-hybridized carbons (Fsp3) is 0.200. The third-order valence-electron chi connectivity index (χ3n) is 4.07. The Labute approximate surface area is 146 Å². The van der Waals surface area contributed by atoms with E-state index in [0.29, 0.717) is 18.7 Å². The fourth-order valence-electron chi connectivity index (χ4n) is 2.74. The molecule has 3 rings (SSSR count). The van der Waals surface area contributed by atoms with E-state index in [2.05, 4.69) is 21.7 Å². The van der Waals surface area contributed by atoms with Gasteiger partial charge in [0.25, 0.3) is 5.91 Å². The van der Waals surface area contributed by atoms with Crippen LogP contribution >= 0.6 is 0 Å². The van der Waals surface area contributed by atoms with Crippen molar-refractivity contribution in [3.63, 3.8) is 0 Å². The van der Waals surface area contributed by atoms with E-state index < -0.39 is 0 Å². The first-order valence-electron chi connectivity index (χ1n) is 8.39. The fourth-order valence-corrected chi connectivity index (χ4v) is 2.74. The largest absolute Gasteiger partial charge is 0.361 e. The Hall–Kier alpha value is -3.08. The Morgan fingerprint density at radius 3 is 2.48 bits per heavy atom. The third-order valence-corrected chi connectivity index (χ3v) is 4.07. The van der Waals surface area contributed by atoms with Crippen LogP contribution in [-0.2, 0) is 11.2 Å². The average molecular weight is 335 g/mol. The quantitative estimate of drug-likeness (QED) is 0.621. The van der Waals surface area contributed by atoms with Crippen LogP contribution in [0.1, 0.15) is 22.3 Å². The van der Waals surface area contributed by atoms with Gasteiger partial charge in [-0.05, 0) is 30.2 Å².